The Hall–Kier alpha value is -2.67. The summed E-state index contributed by atoms with van der Waals surface area (Å²) in [6.07, 6.45) is 1.11. The number of hydrogen-bond acceptors (Lipinski definition) is 4. The van der Waals surface area contributed by atoms with Crippen LogP contribution in [0.25, 0.3) is 0 Å². The summed E-state index contributed by atoms with van der Waals surface area (Å²) in [5.74, 6) is -1.50. The number of rotatable bonds is 5. The van der Waals surface area contributed by atoms with Crippen LogP contribution in [0.5, 0.6) is 0 Å². The normalized spacial score (nSPS) is 17.1. The third kappa shape index (κ3) is 4.19. The second kappa shape index (κ2) is 7.52. The standard InChI is InChI=1S/C20H21NO5S/c1-14-4-10-17(11-5-14)27(25,26)13-15-6-8-16(9-7-15)19(22)21-12-2-3-18(21)20(23)24/h4-11,18H,2-3,12-13H2,1H3,(H,23,24). The third-order valence-corrected chi connectivity index (χ3v) is 6.44. The highest BCUT2D eigenvalue weighted by molar-refractivity contribution is 7.90. The van der Waals surface area contributed by atoms with Crippen molar-refractivity contribution in [3.8, 4) is 0 Å². The molecule has 1 heterocycles. The van der Waals surface area contributed by atoms with Crippen molar-refractivity contribution in [1.29, 1.82) is 0 Å². The Morgan fingerprint density at radius 3 is 2.30 bits per heavy atom. The number of amides is 1. The lowest BCUT2D eigenvalue weighted by molar-refractivity contribution is -0.141. The predicted molar refractivity (Wildman–Crippen MR) is 100 cm³/mol. The summed E-state index contributed by atoms with van der Waals surface area (Å²) in [7, 11) is -3.47. The van der Waals surface area contributed by atoms with Crippen molar-refractivity contribution in [1.82, 2.24) is 4.90 Å². The van der Waals surface area contributed by atoms with E-state index in [0.29, 0.717) is 30.5 Å². The Kier molecular flexibility index (Phi) is 5.32. The Morgan fingerprint density at radius 1 is 1.07 bits per heavy atom. The molecule has 1 unspecified atom stereocenters. The SMILES string of the molecule is Cc1ccc(S(=O)(=O)Cc2ccc(C(=O)N3CCCC3C(=O)O)cc2)cc1. The number of sulfone groups is 1. The van der Waals surface area contributed by atoms with Gasteiger partial charge < -0.3 is 10.0 Å². The van der Waals surface area contributed by atoms with Crippen LogP contribution in [0.4, 0.5) is 0 Å². The van der Waals surface area contributed by atoms with E-state index in [-0.39, 0.29) is 16.6 Å². The lowest BCUT2D eigenvalue weighted by atomic mass is 10.1. The zero-order chi connectivity index (χ0) is 19.6. The van der Waals surface area contributed by atoms with Gasteiger partial charge in [0.1, 0.15) is 6.04 Å². The van der Waals surface area contributed by atoms with Crippen molar-refractivity contribution in [3.63, 3.8) is 0 Å². The molecule has 1 aliphatic heterocycles. The maximum atomic E-state index is 12.6. The molecule has 1 N–H and O–H groups in total. The van der Waals surface area contributed by atoms with Crippen molar-refractivity contribution in [3.05, 3.63) is 65.2 Å². The maximum absolute atomic E-state index is 12.6. The van der Waals surface area contributed by atoms with E-state index in [1.807, 2.05) is 6.92 Å². The van der Waals surface area contributed by atoms with Gasteiger partial charge in [-0.1, -0.05) is 29.8 Å². The van der Waals surface area contributed by atoms with Crippen LogP contribution in [0.3, 0.4) is 0 Å². The first-order valence-electron chi connectivity index (χ1n) is 8.70. The highest BCUT2D eigenvalue weighted by Crippen LogP contribution is 2.22. The first-order valence-corrected chi connectivity index (χ1v) is 10.4. The number of carboxylic acids is 1. The summed E-state index contributed by atoms with van der Waals surface area (Å²) < 4.78 is 25.0. The van der Waals surface area contributed by atoms with Crippen LogP contribution in [0.1, 0.15) is 34.3 Å². The largest absolute Gasteiger partial charge is 0.480 e. The summed E-state index contributed by atoms with van der Waals surface area (Å²) in [5, 5.41) is 9.22. The van der Waals surface area contributed by atoms with Gasteiger partial charge in [-0.2, -0.15) is 0 Å². The summed E-state index contributed by atoms with van der Waals surface area (Å²) in [6, 6.07) is 12.2. The fourth-order valence-corrected chi connectivity index (χ4v) is 4.57. The van der Waals surface area contributed by atoms with Crippen LogP contribution in [-0.4, -0.2) is 42.9 Å². The smallest absolute Gasteiger partial charge is 0.326 e. The molecule has 0 spiro atoms. The Balaban J connectivity index is 1.74. The van der Waals surface area contributed by atoms with E-state index >= 15 is 0 Å². The number of aliphatic carboxylic acids is 1. The molecular weight excluding hydrogens is 366 g/mol. The van der Waals surface area contributed by atoms with E-state index in [4.69, 9.17) is 0 Å². The lowest BCUT2D eigenvalue weighted by Crippen LogP contribution is -2.40. The van der Waals surface area contributed by atoms with E-state index in [9.17, 15) is 23.1 Å². The molecule has 1 fully saturated rings. The number of carbonyl (C=O) groups excluding carboxylic acids is 1. The molecule has 0 aromatic heterocycles. The number of carbonyl (C=O) groups is 2. The van der Waals surface area contributed by atoms with Crippen LogP contribution in [0.2, 0.25) is 0 Å². The molecule has 1 aliphatic rings. The van der Waals surface area contributed by atoms with Crippen LogP contribution in [0.15, 0.2) is 53.4 Å². The van der Waals surface area contributed by atoms with Gasteiger partial charge in [-0.15, -0.1) is 0 Å². The van der Waals surface area contributed by atoms with Crippen LogP contribution >= 0.6 is 0 Å². The number of benzene rings is 2. The van der Waals surface area contributed by atoms with E-state index in [0.717, 1.165) is 5.56 Å². The highest BCUT2D eigenvalue weighted by atomic mass is 32.2. The summed E-state index contributed by atoms with van der Waals surface area (Å²) >= 11 is 0. The first-order chi connectivity index (χ1) is 12.8. The Labute approximate surface area is 158 Å². The molecule has 7 heteroatoms. The van der Waals surface area contributed by atoms with Gasteiger partial charge in [-0.3, -0.25) is 4.79 Å². The van der Waals surface area contributed by atoms with Crippen LogP contribution in [-0.2, 0) is 20.4 Å². The number of hydrogen-bond donors (Lipinski definition) is 1. The van der Waals surface area contributed by atoms with Crippen molar-refractivity contribution in [2.45, 2.75) is 36.5 Å². The second-order valence-electron chi connectivity index (χ2n) is 6.76. The van der Waals surface area contributed by atoms with Crippen molar-refractivity contribution in [2.75, 3.05) is 6.54 Å². The van der Waals surface area contributed by atoms with Gasteiger partial charge in [-0.05, 0) is 49.6 Å². The molecule has 27 heavy (non-hydrogen) atoms. The third-order valence-electron chi connectivity index (χ3n) is 4.74. The Bertz CT molecular complexity index is 949. The highest BCUT2D eigenvalue weighted by Gasteiger charge is 2.34. The molecule has 2 aromatic carbocycles. The minimum atomic E-state index is -3.47. The Morgan fingerprint density at radius 2 is 1.70 bits per heavy atom. The van der Waals surface area contributed by atoms with Crippen molar-refractivity contribution < 1.29 is 23.1 Å². The predicted octanol–water partition coefficient (Wildman–Crippen LogP) is 2.66. The minimum Gasteiger partial charge on any atom is -0.480 e. The van der Waals surface area contributed by atoms with Gasteiger partial charge in [0.2, 0.25) is 0 Å². The molecule has 3 rings (SSSR count). The van der Waals surface area contributed by atoms with E-state index in [2.05, 4.69) is 0 Å². The number of likely N-dealkylation sites (tertiary alicyclic amines) is 1. The molecule has 1 amide bonds. The summed E-state index contributed by atoms with van der Waals surface area (Å²) in [4.78, 5) is 25.4. The number of carboxylic acid groups (broad SMARTS) is 1. The zero-order valence-electron chi connectivity index (χ0n) is 15.0. The zero-order valence-corrected chi connectivity index (χ0v) is 15.8. The number of nitrogens with zero attached hydrogens (tertiary/aromatic N) is 1. The van der Waals surface area contributed by atoms with Crippen LogP contribution < -0.4 is 0 Å². The molecule has 6 nitrogen and oxygen atoms in total. The molecule has 0 radical (unpaired) electrons. The van der Waals surface area contributed by atoms with Gasteiger partial charge in [0.25, 0.3) is 5.91 Å². The van der Waals surface area contributed by atoms with Crippen LogP contribution in [0, 0.1) is 6.92 Å². The minimum absolute atomic E-state index is 0.161. The molecule has 2 aromatic rings. The van der Waals surface area contributed by atoms with Gasteiger partial charge in [0.05, 0.1) is 10.6 Å². The number of aryl methyl sites for hydroxylation is 1. The molecule has 1 saturated heterocycles. The quantitative estimate of drug-likeness (QED) is 0.852. The molecular formula is C20H21NO5S. The summed E-state index contributed by atoms with van der Waals surface area (Å²) in [6.45, 7) is 2.31. The average Bonchev–Trinajstić information content (AvgIpc) is 3.12. The molecule has 0 saturated carbocycles. The van der Waals surface area contributed by atoms with Crippen molar-refractivity contribution in [2.24, 2.45) is 0 Å². The topological polar surface area (TPSA) is 91.8 Å². The summed E-state index contributed by atoms with van der Waals surface area (Å²) in [5.41, 5.74) is 1.92. The molecule has 0 bridgehead atoms. The van der Waals surface area contributed by atoms with E-state index < -0.39 is 21.8 Å². The van der Waals surface area contributed by atoms with Gasteiger partial charge in [-0.25, -0.2) is 13.2 Å². The molecule has 1 atom stereocenters. The maximum Gasteiger partial charge on any atom is 0.326 e. The van der Waals surface area contributed by atoms with E-state index in [1.54, 1.807) is 48.5 Å². The first kappa shape index (κ1) is 19.1. The van der Waals surface area contributed by atoms with E-state index in [1.165, 1.54) is 4.90 Å². The van der Waals surface area contributed by atoms with Gasteiger partial charge in [0, 0.05) is 12.1 Å². The van der Waals surface area contributed by atoms with Gasteiger partial charge >= 0.3 is 5.97 Å². The lowest BCUT2D eigenvalue weighted by Gasteiger charge is -2.21. The van der Waals surface area contributed by atoms with Gasteiger partial charge in [0.15, 0.2) is 9.84 Å². The monoisotopic (exact) mass is 387 g/mol. The van der Waals surface area contributed by atoms with Crippen molar-refractivity contribution >= 4 is 21.7 Å². The fourth-order valence-electron chi connectivity index (χ4n) is 3.22. The molecule has 142 valence electrons. The average molecular weight is 387 g/mol. The second-order valence-corrected chi connectivity index (χ2v) is 8.75. The molecule has 0 aliphatic carbocycles. The fraction of sp³-hybridized carbons (Fsp3) is 0.300.